The monoisotopic (exact) mass is 422 g/mol. The van der Waals surface area contributed by atoms with Crippen LogP contribution in [0.4, 0.5) is 26.6 Å². The summed E-state index contributed by atoms with van der Waals surface area (Å²) in [4.78, 5) is 25.1. The lowest BCUT2D eigenvalue weighted by Gasteiger charge is -2.34. The van der Waals surface area contributed by atoms with Gasteiger partial charge >= 0.3 is 0 Å². The number of nitrogens with two attached hydrogens (primary N) is 1. The zero-order valence-electron chi connectivity index (χ0n) is 16.8. The maximum Gasteiger partial charge on any atom is 0.281 e. The summed E-state index contributed by atoms with van der Waals surface area (Å²) in [6, 6.07) is 0. The number of nitrogen functional groups attached to an aromatic ring is 1. The Morgan fingerprint density at radius 3 is 2.03 bits per heavy atom. The van der Waals surface area contributed by atoms with E-state index < -0.39 is 12.1 Å². The van der Waals surface area contributed by atoms with Crippen LogP contribution in [-0.2, 0) is 9.47 Å². The SMILES string of the molecule is C[C@H]1CN(c2nc(-c3cnc(N)nc3C(F)F)nc(N3CCO[C@@H](C)C3)n2)CCO1. The van der Waals surface area contributed by atoms with Crippen molar-refractivity contribution in [2.45, 2.75) is 32.5 Å². The average Bonchev–Trinajstić information content (AvgIpc) is 2.73. The van der Waals surface area contributed by atoms with Gasteiger partial charge in [-0.3, -0.25) is 0 Å². The molecule has 0 bridgehead atoms. The van der Waals surface area contributed by atoms with E-state index in [1.807, 2.05) is 23.6 Å². The van der Waals surface area contributed by atoms with Crippen LogP contribution in [0.2, 0.25) is 0 Å². The molecule has 4 heterocycles. The number of anilines is 3. The van der Waals surface area contributed by atoms with Gasteiger partial charge < -0.3 is 25.0 Å². The van der Waals surface area contributed by atoms with Crippen molar-refractivity contribution in [1.82, 2.24) is 24.9 Å². The van der Waals surface area contributed by atoms with Gasteiger partial charge in [-0.15, -0.1) is 0 Å². The molecular formula is C18H24F2N8O2. The number of ether oxygens (including phenoxy) is 2. The van der Waals surface area contributed by atoms with Gasteiger partial charge in [-0.05, 0) is 13.8 Å². The van der Waals surface area contributed by atoms with Crippen molar-refractivity contribution < 1.29 is 18.3 Å². The number of halogens is 2. The lowest BCUT2D eigenvalue weighted by atomic mass is 10.2. The molecule has 12 heteroatoms. The van der Waals surface area contributed by atoms with Crippen molar-refractivity contribution in [3.8, 4) is 11.4 Å². The molecule has 0 radical (unpaired) electrons. The highest BCUT2D eigenvalue weighted by Crippen LogP contribution is 2.30. The number of rotatable bonds is 4. The van der Waals surface area contributed by atoms with E-state index in [0.29, 0.717) is 51.3 Å². The molecule has 30 heavy (non-hydrogen) atoms. The quantitative estimate of drug-likeness (QED) is 0.773. The number of aromatic nitrogens is 5. The van der Waals surface area contributed by atoms with Gasteiger partial charge in [0.25, 0.3) is 6.43 Å². The molecule has 0 unspecified atom stereocenters. The fourth-order valence-corrected chi connectivity index (χ4v) is 3.51. The Labute approximate surface area is 172 Å². The first-order valence-corrected chi connectivity index (χ1v) is 9.81. The summed E-state index contributed by atoms with van der Waals surface area (Å²) in [5.41, 5.74) is 5.05. The molecule has 10 nitrogen and oxygen atoms in total. The van der Waals surface area contributed by atoms with Gasteiger partial charge in [0.15, 0.2) is 5.82 Å². The van der Waals surface area contributed by atoms with E-state index in [2.05, 4.69) is 24.9 Å². The van der Waals surface area contributed by atoms with Crippen LogP contribution in [0.3, 0.4) is 0 Å². The molecule has 4 rings (SSSR count). The molecule has 0 spiro atoms. The fourth-order valence-electron chi connectivity index (χ4n) is 3.51. The normalized spacial score (nSPS) is 22.6. The Kier molecular flexibility index (Phi) is 5.86. The van der Waals surface area contributed by atoms with Gasteiger partial charge in [-0.25, -0.2) is 18.7 Å². The Bertz CT molecular complexity index is 862. The first kappa shape index (κ1) is 20.5. The molecule has 2 aromatic rings. The smallest absolute Gasteiger partial charge is 0.281 e. The molecule has 2 N–H and O–H groups in total. The summed E-state index contributed by atoms with van der Waals surface area (Å²) in [7, 11) is 0. The van der Waals surface area contributed by atoms with E-state index in [-0.39, 0.29) is 29.5 Å². The Hall–Kier alpha value is -2.73. The summed E-state index contributed by atoms with van der Waals surface area (Å²) in [6.07, 6.45) is -1.61. The highest BCUT2D eigenvalue weighted by atomic mass is 19.3. The zero-order chi connectivity index (χ0) is 21.3. The van der Waals surface area contributed by atoms with E-state index in [9.17, 15) is 8.78 Å². The average molecular weight is 422 g/mol. The molecule has 2 fully saturated rings. The third-order valence-electron chi connectivity index (χ3n) is 4.94. The molecule has 162 valence electrons. The van der Waals surface area contributed by atoms with Crippen LogP contribution in [0.25, 0.3) is 11.4 Å². The predicted octanol–water partition coefficient (Wildman–Crippen LogP) is 1.30. The molecule has 0 saturated carbocycles. The van der Waals surface area contributed by atoms with E-state index in [1.165, 1.54) is 6.20 Å². The summed E-state index contributed by atoms with van der Waals surface area (Å²) in [6.45, 7) is 7.33. The minimum Gasteiger partial charge on any atom is -0.375 e. The van der Waals surface area contributed by atoms with Crippen molar-refractivity contribution in [2.75, 3.05) is 54.9 Å². The first-order chi connectivity index (χ1) is 14.4. The highest BCUT2D eigenvalue weighted by molar-refractivity contribution is 5.61. The zero-order valence-corrected chi connectivity index (χ0v) is 16.8. The minimum atomic E-state index is -2.85. The molecule has 0 aliphatic carbocycles. The molecule has 0 aromatic carbocycles. The van der Waals surface area contributed by atoms with Crippen LogP contribution in [-0.4, -0.2) is 76.5 Å². The lowest BCUT2D eigenvalue weighted by Crippen LogP contribution is -2.44. The van der Waals surface area contributed by atoms with Crippen molar-refractivity contribution in [3.63, 3.8) is 0 Å². The van der Waals surface area contributed by atoms with Crippen molar-refractivity contribution in [2.24, 2.45) is 0 Å². The maximum atomic E-state index is 13.6. The molecule has 2 aliphatic heterocycles. The third kappa shape index (κ3) is 4.38. The lowest BCUT2D eigenvalue weighted by molar-refractivity contribution is 0.0519. The van der Waals surface area contributed by atoms with Crippen LogP contribution >= 0.6 is 0 Å². The summed E-state index contributed by atoms with van der Waals surface area (Å²) >= 11 is 0. The number of morpholine rings is 2. The van der Waals surface area contributed by atoms with E-state index in [1.54, 1.807) is 0 Å². The second-order valence-electron chi connectivity index (χ2n) is 7.34. The van der Waals surface area contributed by atoms with Gasteiger partial charge in [-0.1, -0.05) is 0 Å². The van der Waals surface area contributed by atoms with E-state index >= 15 is 0 Å². The largest absolute Gasteiger partial charge is 0.375 e. The Morgan fingerprint density at radius 2 is 1.53 bits per heavy atom. The first-order valence-electron chi connectivity index (χ1n) is 9.81. The molecule has 2 saturated heterocycles. The van der Waals surface area contributed by atoms with Crippen LogP contribution in [0, 0.1) is 0 Å². The Morgan fingerprint density at radius 1 is 0.967 bits per heavy atom. The van der Waals surface area contributed by atoms with E-state index in [0.717, 1.165) is 0 Å². The van der Waals surface area contributed by atoms with E-state index in [4.69, 9.17) is 15.2 Å². The Balaban J connectivity index is 1.80. The van der Waals surface area contributed by atoms with Crippen LogP contribution in [0.5, 0.6) is 0 Å². The molecular weight excluding hydrogens is 398 g/mol. The number of nitrogens with zero attached hydrogens (tertiary/aromatic N) is 7. The molecule has 2 atom stereocenters. The maximum absolute atomic E-state index is 13.6. The second kappa shape index (κ2) is 8.56. The summed E-state index contributed by atoms with van der Waals surface area (Å²) < 4.78 is 38.5. The van der Waals surface area contributed by atoms with Crippen LogP contribution in [0.1, 0.15) is 26.0 Å². The van der Waals surface area contributed by atoms with Crippen molar-refractivity contribution >= 4 is 17.8 Å². The summed E-state index contributed by atoms with van der Waals surface area (Å²) in [5.74, 6) is 0.666. The predicted molar refractivity (Wildman–Crippen MR) is 105 cm³/mol. The third-order valence-corrected chi connectivity index (χ3v) is 4.94. The highest BCUT2D eigenvalue weighted by Gasteiger charge is 2.27. The van der Waals surface area contributed by atoms with Crippen LogP contribution < -0.4 is 15.5 Å². The molecule has 2 aliphatic rings. The van der Waals surface area contributed by atoms with Crippen LogP contribution in [0.15, 0.2) is 6.20 Å². The van der Waals surface area contributed by atoms with Gasteiger partial charge in [0.2, 0.25) is 17.8 Å². The van der Waals surface area contributed by atoms with Gasteiger partial charge in [-0.2, -0.15) is 15.0 Å². The minimum absolute atomic E-state index is 0.00214. The topological polar surface area (TPSA) is 115 Å². The van der Waals surface area contributed by atoms with Gasteiger partial charge in [0.05, 0.1) is 31.0 Å². The number of hydrogen-bond acceptors (Lipinski definition) is 10. The standard InChI is InChI=1S/C18H24F2N8O2/c1-10-8-27(3-5-29-10)17-24-15(12-7-22-16(21)23-13(12)14(19)20)25-18(26-17)28-4-6-30-11(2)9-28/h7,10-11,14H,3-6,8-9H2,1-2H3,(H2,21,22,23)/t10-,11-/m0/s1. The molecule has 2 aromatic heterocycles. The van der Waals surface area contributed by atoms with Gasteiger partial charge in [0, 0.05) is 32.4 Å². The number of alkyl halides is 2. The summed E-state index contributed by atoms with van der Waals surface area (Å²) in [5, 5.41) is 0. The number of hydrogen-bond donors (Lipinski definition) is 1. The van der Waals surface area contributed by atoms with Crippen molar-refractivity contribution in [1.29, 1.82) is 0 Å². The van der Waals surface area contributed by atoms with Gasteiger partial charge in [0.1, 0.15) is 5.69 Å². The molecule has 0 amide bonds. The van der Waals surface area contributed by atoms with Crippen molar-refractivity contribution in [3.05, 3.63) is 11.9 Å². The fraction of sp³-hybridized carbons (Fsp3) is 0.611. The second-order valence-corrected chi connectivity index (χ2v) is 7.34.